The Morgan fingerprint density at radius 2 is 2.06 bits per heavy atom. The fourth-order valence-electron chi connectivity index (χ4n) is 1.77. The van der Waals surface area contributed by atoms with Gasteiger partial charge in [-0.3, -0.25) is 4.90 Å². The maximum atomic E-state index is 5.71. The lowest BCUT2D eigenvalue weighted by Gasteiger charge is -2.13. The van der Waals surface area contributed by atoms with Crippen LogP contribution in [-0.4, -0.2) is 19.0 Å². The van der Waals surface area contributed by atoms with Gasteiger partial charge in [0.05, 0.1) is 13.1 Å². The molecule has 0 bridgehead atoms. The second kappa shape index (κ2) is 6.00. The fourth-order valence-corrected chi connectivity index (χ4v) is 2.55. The van der Waals surface area contributed by atoms with E-state index in [9.17, 15) is 0 Å². The molecule has 2 heterocycles. The summed E-state index contributed by atoms with van der Waals surface area (Å²) in [6.45, 7) is 2.61. The summed E-state index contributed by atoms with van der Waals surface area (Å²) >= 11 is 1.79. The molecule has 0 amide bonds. The molecule has 0 fully saturated rings. The molecule has 0 atom stereocenters. The molecule has 0 unspecified atom stereocenters. The van der Waals surface area contributed by atoms with Crippen molar-refractivity contribution in [1.82, 2.24) is 10.2 Å². The summed E-state index contributed by atoms with van der Waals surface area (Å²) in [5.41, 5.74) is 0. The molecule has 4 heteroatoms. The lowest BCUT2D eigenvalue weighted by Crippen LogP contribution is -2.16. The summed E-state index contributed by atoms with van der Waals surface area (Å²) in [5, 5.41) is 5.19. The number of hydrogen-bond acceptors (Lipinski definition) is 4. The van der Waals surface area contributed by atoms with Gasteiger partial charge in [-0.1, -0.05) is 6.07 Å². The number of rotatable bonds is 6. The van der Waals surface area contributed by atoms with Crippen LogP contribution >= 0.6 is 11.3 Å². The summed E-state index contributed by atoms with van der Waals surface area (Å²) in [5.74, 6) is 2.02. The number of nitrogens with one attached hydrogen (secondary N) is 1. The van der Waals surface area contributed by atoms with Gasteiger partial charge >= 0.3 is 0 Å². The highest BCUT2D eigenvalue weighted by Crippen LogP contribution is 2.14. The number of furan rings is 1. The zero-order valence-electron chi connectivity index (χ0n) is 10.3. The van der Waals surface area contributed by atoms with Gasteiger partial charge in [-0.05, 0) is 37.7 Å². The molecule has 0 aliphatic heterocycles. The van der Waals surface area contributed by atoms with Crippen molar-refractivity contribution in [2.45, 2.75) is 19.6 Å². The largest absolute Gasteiger partial charge is 0.463 e. The molecule has 1 N–H and O–H groups in total. The number of thiophene rings is 1. The Morgan fingerprint density at radius 3 is 2.76 bits per heavy atom. The average Bonchev–Trinajstić information content (AvgIpc) is 2.91. The van der Waals surface area contributed by atoms with Crippen LogP contribution in [0.15, 0.2) is 34.1 Å². The predicted molar refractivity (Wildman–Crippen MR) is 71.0 cm³/mol. The number of nitrogens with zero attached hydrogens (tertiary/aromatic N) is 1. The zero-order valence-corrected chi connectivity index (χ0v) is 11.1. The molecule has 92 valence electrons. The van der Waals surface area contributed by atoms with E-state index in [4.69, 9.17) is 4.42 Å². The smallest absolute Gasteiger partial charge is 0.118 e. The van der Waals surface area contributed by atoms with Gasteiger partial charge in [-0.15, -0.1) is 11.3 Å². The van der Waals surface area contributed by atoms with Gasteiger partial charge in [0.15, 0.2) is 0 Å². The van der Waals surface area contributed by atoms with Crippen LogP contribution in [0.3, 0.4) is 0 Å². The van der Waals surface area contributed by atoms with Gasteiger partial charge in [0.1, 0.15) is 11.5 Å². The van der Waals surface area contributed by atoms with Crippen LogP contribution in [0.1, 0.15) is 16.4 Å². The van der Waals surface area contributed by atoms with Crippen molar-refractivity contribution in [3.8, 4) is 0 Å². The molecule has 0 aliphatic rings. The van der Waals surface area contributed by atoms with Gasteiger partial charge in [0.25, 0.3) is 0 Å². The molecule has 3 nitrogen and oxygen atoms in total. The van der Waals surface area contributed by atoms with Gasteiger partial charge in [0.2, 0.25) is 0 Å². The standard InChI is InChI=1S/C13H18N2OS/c1-14-8-11-5-6-12(16-11)9-15(2)10-13-4-3-7-17-13/h3-7,14H,8-10H2,1-2H3. The van der Waals surface area contributed by atoms with E-state index >= 15 is 0 Å². The Bertz CT molecular complexity index is 436. The maximum absolute atomic E-state index is 5.71. The molecule has 17 heavy (non-hydrogen) atoms. The summed E-state index contributed by atoms with van der Waals surface area (Å²) in [6.07, 6.45) is 0. The van der Waals surface area contributed by atoms with Crippen LogP contribution < -0.4 is 5.32 Å². The molecule has 2 aromatic rings. The van der Waals surface area contributed by atoms with Crippen LogP contribution in [0.4, 0.5) is 0 Å². The van der Waals surface area contributed by atoms with E-state index < -0.39 is 0 Å². The number of hydrogen-bond donors (Lipinski definition) is 1. The van der Waals surface area contributed by atoms with Crippen molar-refractivity contribution < 1.29 is 4.42 Å². The minimum atomic E-state index is 0.786. The van der Waals surface area contributed by atoms with Crippen molar-refractivity contribution in [2.24, 2.45) is 0 Å². The highest BCUT2D eigenvalue weighted by molar-refractivity contribution is 7.09. The van der Waals surface area contributed by atoms with Crippen molar-refractivity contribution in [3.05, 3.63) is 46.0 Å². The van der Waals surface area contributed by atoms with E-state index in [1.165, 1.54) is 4.88 Å². The van der Waals surface area contributed by atoms with Crippen LogP contribution in [0, 0.1) is 0 Å². The Morgan fingerprint density at radius 1 is 1.24 bits per heavy atom. The van der Waals surface area contributed by atoms with Gasteiger partial charge in [-0.2, -0.15) is 0 Å². The first-order valence-electron chi connectivity index (χ1n) is 5.71. The summed E-state index contributed by atoms with van der Waals surface area (Å²) in [7, 11) is 4.03. The lowest BCUT2D eigenvalue weighted by molar-refractivity contribution is 0.285. The quantitative estimate of drug-likeness (QED) is 0.854. The predicted octanol–water partition coefficient (Wildman–Crippen LogP) is 2.69. The summed E-state index contributed by atoms with van der Waals surface area (Å²) < 4.78 is 5.71. The third kappa shape index (κ3) is 3.70. The fraction of sp³-hybridized carbons (Fsp3) is 0.385. The Labute approximate surface area is 106 Å². The molecule has 2 rings (SSSR count). The normalized spacial score (nSPS) is 11.2. The van der Waals surface area contributed by atoms with Crippen LogP contribution in [0.2, 0.25) is 0 Å². The van der Waals surface area contributed by atoms with Gasteiger partial charge in [0, 0.05) is 11.4 Å². The first kappa shape index (κ1) is 12.4. The van der Waals surface area contributed by atoms with E-state index in [0.29, 0.717) is 0 Å². The minimum absolute atomic E-state index is 0.786. The topological polar surface area (TPSA) is 28.4 Å². The molecule has 0 radical (unpaired) electrons. The van der Waals surface area contributed by atoms with Crippen molar-refractivity contribution in [2.75, 3.05) is 14.1 Å². The van der Waals surface area contributed by atoms with Crippen LogP contribution in [0.25, 0.3) is 0 Å². The lowest BCUT2D eigenvalue weighted by atomic mass is 10.3. The highest BCUT2D eigenvalue weighted by Gasteiger charge is 2.06. The van der Waals surface area contributed by atoms with Gasteiger partial charge < -0.3 is 9.73 Å². The first-order valence-corrected chi connectivity index (χ1v) is 6.59. The zero-order chi connectivity index (χ0) is 12.1. The van der Waals surface area contributed by atoms with Gasteiger partial charge in [-0.25, -0.2) is 0 Å². The summed E-state index contributed by atoms with van der Waals surface area (Å²) in [4.78, 5) is 3.64. The second-order valence-corrected chi connectivity index (χ2v) is 5.18. The molecule has 0 saturated carbocycles. The molecular weight excluding hydrogens is 232 g/mol. The monoisotopic (exact) mass is 250 g/mol. The minimum Gasteiger partial charge on any atom is -0.463 e. The Balaban J connectivity index is 1.86. The van der Waals surface area contributed by atoms with Crippen LogP contribution in [0.5, 0.6) is 0 Å². The van der Waals surface area contributed by atoms with E-state index in [2.05, 4.69) is 40.8 Å². The average molecular weight is 250 g/mol. The highest BCUT2D eigenvalue weighted by atomic mass is 32.1. The van der Waals surface area contributed by atoms with Crippen molar-refractivity contribution in [1.29, 1.82) is 0 Å². The van der Waals surface area contributed by atoms with E-state index in [1.54, 1.807) is 11.3 Å². The molecule has 0 aliphatic carbocycles. The molecule has 0 aromatic carbocycles. The Kier molecular flexibility index (Phi) is 4.36. The SMILES string of the molecule is CNCc1ccc(CN(C)Cc2cccs2)o1. The van der Waals surface area contributed by atoms with Crippen LogP contribution in [-0.2, 0) is 19.6 Å². The Hall–Kier alpha value is -1.10. The van der Waals surface area contributed by atoms with E-state index in [0.717, 1.165) is 31.2 Å². The van der Waals surface area contributed by atoms with E-state index in [-0.39, 0.29) is 0 Å². The molecule has 0 spiro atoms. The molecule has 0 saturated heterocycles. The molecule has 2 aromatic heterocycles. The van der Waals surface area contributed by atoms with Crippen molar-refractivity contribution >= 4 is 11.3 Å². The second-order valence-electron chi connectivity index (χ2n) is 4.15. The third-order valence-corrected chi connectivity index (χ3v) is 3.36. The maximum Gasteiger partial charge on any atom is 0.118 e. The summed E-state index contributed by atoms with van der Waals surface area (Å²) in [6, 6.07) is 8.34. The first-order chi connectivity index (χ1) is 8.28. The van der Waals surface area contributed by atoms with Crippen molar-refractivity contribution in [3.63, 3.8) is 0 Å². The third-order valence-electron chi connectivity index (χ3n) is 2.50. The van der Waals surface area contributed by atoms with E-state index in [1.807, 2.05) is 13.1 Å². The molecular formula is C13H18N2OS.